The number of aromatic nitrogens is 20. The molecule has 16 heterocycles. The maximum absolute atomic E-state index is 14.7. The van der Waals surface area contributed by atoms with E-state index in [0.717, 1.165) is 50.7 Å². The van der Waals surface area contributed by atoms with Crippen LogP contribution in [0.2, 0.25) is 0 Å². The summed E-state index contributed by atoms with van der Waals surface area (Å²) in [5, 5.41) is 35.9. The van der Waals surface area contributed by atoms with Gasteiger partial charge in [-0.05, 0) is 92.7 Å². The van der Waals surface area contributed by atoms with Crippen LogP contribution in [0.4, 0.5) is 4.39 Å². The molecule has 4 aliphatic heterocycles. The molecule has 0 saturated carbocycles. The molecule has 0 aliphatic carbocycles. The Hall–Kier alpha value is -19.1. The fraction of sp³-hybridized carbons (Fsp3) is 0.208. The quantitative estimate of drug-likeness (QED) is 0.0217. The van der Waals surface area contributed by atoms with Crippen molar-refractivity contribution in [3.63, 3.8) is 0 Å². The molecule has 4 amide bonds. The number of carbonyl (C=O) groups excluding carboxylic acids is 8. The Morgan fingerprint density at radius 2 is 0.776 bits per heavy atom. The van der Waals surface area contributed by atoms with Gasteiger partial charge < -0.3 is 43.9 Å². The summed E-state index contributed by atoms with van der Waals surface area (Å²) in [6, 6.07) is 40.0. The van der Waals surface area contributed by atoms with Crippen LogP contribution in [0, 0.1) is 57.6 Å². The number of aromatic amines is 4. The van der Waals surface area contributed by atoms with Gasteiger partial charge in [-0.15, -0.1) is 5.10 Å². The minimum absolute atomic E-state index is 0.0178. The maximum atomic E-state index is 14.7. The van der Waals surface area contributed by atoms with Crippen LogP contribution < -0.4 is 19.6 Å². The number of H-pyrrole nitrogens is 4. The van der Waals surface area contributed by atoms with E-state index in [9.17, 15) is 48.0 Å². The molecule has 714 valence electrons. The van der Waals surface area contributed by atoms with Gasteiger partial charge in [-0.1, -0.05) is 138 Å². The summed E-state index contributed by atoms with van der Waals surface area (Å²) >= 11 is 0. The van der Waals surface area contributed by atoms with E-state index < -0.39 is 52.6 Å². The number of amides is 4. The Morgan fingerprint density at radius 3 is 1.14 bits per heavy atom. The summed E-state index contributed by atoms with van der Waals surface area (Å²) < 4.78 is 36.9. The predicted octanol–water partition coefficient (Wildman–Crippen LogP) is 12.4. The van der Waals surface area contributed by atoms with E-state index in [4.69, 9.17) is 33.9 Å². The second-order valence-electron chi connectivity index (χ2n) is 32.9. The minimum atomic E-state index is -0.804. The summed E-state index contributed by atoms with van der Waals surface area (Å²) in [4.78, 5) is 162. The van der Waals surface area contributed by atoms with Crippen LogP contribution in [-0.2, 0) is 19.2 Å². The average Bonchev–Trinajstić information content (AvgIpc) is 1.62. The monoisotopic (exact) mass is 1910 g/mol. The third kappa shape index (κ3) is 19.5. The van der Waals surface area contributed by atoms with Crippen molar-refractivity contribution < 1.29 is 57.0 Å². The van der Waals surface area contributed by atoms with Crippen molar-refractivity contribution in [2.24, 2.45) is 0 Å². The molecule has 16 aromatic rings. The first-order valence-electron chi connectivity index (χ1n) is 44.8. The number of rotatable bonds is 19. The maximum Gasteiger partial charge on any atom is 0.309 e. The number of allylic oxidation sites excluding steroid dienone is 1. The molecule has 0 atom stereocenters. The smallest absolute Gasteiger partial charge is 0.309 e. The number of Topliss-reactive ketones (excluding diaryl/α,β-unsaturated/α-hetero) is 4. The van der Waals surface area contributed by atoms with Crippen molar-refractivity contribution in [3.8, 4) is 46.6 Å². The second-order valence-corrected chi connectivity index (χ2v) is 32.9. The number of nitrogens with zero attached hydrogens (tertiary/aromatic N) is 25. The number of carbonyl (C=O) groups is 8. The number of ether oxygens (including phenoxy) is 3. The molecule has 4 saturated heterocycles. The summed E-state index contributed by atoms with van der Waals surface area (Å²) in [6.07, 6.45) is 21.9. The van der Waals surface area contributed by atoms with Crippen molar-refractivity contribution in [1.29, 1.82) is 5.26 Å². The number of fused-ring (bicyclic) bond motifs is 4. The van der Waals surface area contributed by atoms with E-state index >= 15 is 0 Å². The molecule has 0 radical (unpaired) electrons. The number of methoxy groups -OCH3 is 3. The zero-order valence-electron chi connectivity index (χ0n) is 78.0. The van der Waals surface area contributed by atoms with Gasteiger partial charge in [0.1, 0.15) is 53.7 Å². The van der Waals surface area contributed by atoms with Crippen LogP contribution >= 0.6 is 0 Å². The zero-order valence-corrected chi connectivity index (χ0v) is 78.0. The Bertz CT molecular complexity index is 7980. The molecule has 12 aromatic heterocycles. The summed E-state index contributed by atoms with van der Waals surface area (Å²) in [5.41, 5.74) is 14.5. The number of nitriles is 1. The summed E-state index contributed by atoms with van der Waals surface area (Å²) in [6.45, 7) is 30.7. The molecule has 4 aliphatic rings. The lowest BCUT2D eigenvalue weighted by atomic mass is 9.97. The molecule has 4 aromatic carbocycles. The number of piperidine rings is 2. The van der Waals surface area contributed by atoms with E-state index in [-0.39, 0.29) is 52.1 Å². The number of nitrogens with one attached hydrogen (secondary N) is 5. The molecule has 0 unspecified atom stereocenters. The van der Waals surface area contributed by atoms with E-state index in [0.29, 0.717) is 185 Å². The molecule has 20 rings (SSSR count). The molecule has 0 spiro atoms. The van der Waals surface area contributed by atoms with Crippen molar-refractivity contribution in [1.82, 2.24) is 129 Å². The van der Waals surface area contributed by atoms with Crippen LogP contribution in [-0.4, -0.2) is 251 Å². The van der Waals surface area contributed by atoms with Gasteiger partial charge in [0.2, 0.25) is 0 Å². The lowest BCUT2D eigenvalue weighted by Gasteiger charge is -2.37. The van der Waals surface area contributed by atoms with Gasteiger partial charge >= 0.3 is 11.8 Å². The molecular formula is C101H87FN30O11. The Balaban J connectivity index is 0.000000131. The average molecular weight is 1920 g/mol. The van der Waals surface area contributed by atoms with Crippen LogP contribution in [0.15, 0.2) is 225 Å². The molecular weight excluding hydrogens is 1830 g/mol. The predicted molar refractivity (Wildman–Crippen MR) is 519 cm³/mol. The number of hydrogen-bond donors (Lipinski definition) is 5. The highest BCUT2D eigenvalue weighted by atomic mass is 19.1. The number of aryl methyl sites for hydroxylation is 3. The Kier molecular flexibility index (Phi) is 28.3. The van der Waals surface area contributed by atoms with Crippen LogP contribution in [0.5, 0.6) is 17.2 Å². The number of likely N-dealkylation sites (N-methyl/N-ethyl adjacent to an activating group) is 1. The lowest BCUT2D eigenvalue weighted by Crippen LogP contribution is -2.51. The van der Waals surface area contributed by atoms with E-state index in [1.54, 1.807) is 43.9 Å². The summed E-state index contributed by atoms with van der Waals surface area (Å²) in [5.74, 6) is -1.92. The van der Waals surface area contributed by atoms with E-state index in [2.05, 4.69) is 106 Å². The first kappa shape index (κ1) is 95.6. The van der Waals surface area contributed by atoms with Gasteiger partial charge in [-0.3, -0.25) is 48.4 Å². The second kappa shape index (κ2) is 42.3. The number of hydrogen-bond acceptors (Lipinski definition) is 26. The number of likely N-dealkylation sites (tertiary alicyclic amines) is 2. The molecule has 143 heavy (non-hydrogen) atoms. The highest BCUT2D eigenvalue weighted by Gasteiger charge is 2.38. The van der Waals surface area contributed by atoms with Gasteiger partial charge in [0.05, 0.1) is 162 Å². The number of hydrazine groups is 2. The SMILES string of the molecule is COc1cnc(-n2cnc(C)n2)c2[nH]cc(C(=O)C(=O)N3C/C(=C(\C#N)c4ccccc4)CCN3)c12.[C-]#[N+]/C(=C1\CCN(C(=O)C(=O)c2c[nH]c3c(-n4cnc(C)n4)ncc(OC)c23)N(C)C1)c1ccccc1.[C-]#[N+]C(=C1CCN(C(=O)C(=O)c2c[nH]c3c(-n4ccnn4)ncc(F)c23)CC1)c1ccccc1.[C-]#[N+]C(=C1CCN(C(=O)C(=O)c2c[nH]c3c(-n4cnc(C)n4)ncc(OC)c23)CC1)c1ccccc1. The zero-order chi connectivity index (χ0) is 100. The highest BCUT2D eigenvalue weighted by Crippen LogP contribution is 2.39. The van der Waals surface area contributed by atoms with Crippen LogP contribution in [0.3, 0.4) is 0 Å². The van der Waals surface area contributed by atoms with Gasteiger partial charge in [0.15, 0.2) is 46.2 Å². The number of pyridine rings is 4. The fourth-order valence-corrected chi connectivity index (χ4v) is 17.5. The van der Waals surface area contributed by atoms with Crippen molar-refractivity contribution in [2.45, 2.75) is 59.3 Å². The number of benzene rings is 4. The standard InChI is InChI=1S/C26H24N8O3.C26H23N7O3.C25H22N8O3.C24H18FN7O2/c1-16-30-15-33(31-16)25-23-21(20(37-4)13-29-25)19(12-28-23)24(35)26(36)34-11-10-18(14-32(34)3)22(27-2)17-8-6-5-7-9-17;1-16-30-15-33(31-16)25-23-21(20(36-3)14-29-25)19(13-28-23)24(34)26(35)32-11-9-18(10-12-32)22(27-2)17-7-5-4-6-8-17;1-15-29-14-33(31-15)24-22-21(20(36-2)12-28-24)19(11-27-22)23(34)25(35)32-13-17(8-9-30-32)18(10-26)16-6-4-3-5-7-16;1-26-20(15-5-3-2-4-6-15)16-7-10-31(11-8-16)24(34)22(33)17-13-27-21-19(17)18(25)14-28-23(21)32-12-9-29-30-32/h5-9,12-13,15,28H,10-11,14H2,1,3-4H3;4-8,13-15,28H,9-12H2,1,3H3;3-7,11-12,14,27,30H,8-9,13H2,1-2H3;2-6,9,12-14,27H,7-8,10-11H2/b22-18+;;18-17+;. The normalized spacial score (nSPS) is 14.4. The summed E-state index contributed by atoms with van der Waals surface area (Å²) in [7, 11) is 6.17. The van der Waals surface area contributed by atoms with Gasteiger partial charge in [-0.25, -0.2) is 83.0 Å². The number of halogens is 1. The topological polar surface area (TPSA) is 467 Å². The molecule has 5 N–H and O–H groups in total. The minimum Gasteiger partial charge on any atom is -0.494 e. The van der Waals surface area contributed by atoms with Crippen molar-refractivity contribution in [3.05, 3.63) is 327 Å². The first-order chi connectivity index (χ1) is 69.5. The molecule has 4 fully saturated rings. The highest BCUT2D eigenvalue weighted by molar-refractivity contribution is 6.47. The van der Waals surface area contributed by atoms with Crippen molar-refractivity contribution in [2.75, 3.05) is 80.7 Å². The lowest BCUT2D eigenvalue weighted by molar-refractivity contribution is -0.142. The largest absolute Gasteiger partial charge is 0.494 e. The Labute approximate surface area is 813 Å². The van der Waals surface area contributed by atoms with Gasteiger partial charge in [0.25, 0.3) is 34.9 Å². The fourth-order valence-electron chi connectivity index (χ4n) is 17.5. The number of ketones is 4. The first-order valence-corrected chi connectivity index (χ1v) is 44.8. The molecule has 41 nitrogen and oxygen atoms in total. The van der Waals surface area contributed by atoms with E-state index in [1.807, 2.05) is 121 Å². The van der Waals surface area contributed by atoms with Gasteiger partial charge in [-0.2, -0.15) is 20.6 Å². The Morgan fingerprint density at radius 1 is 0.420 bits per heavy atom. The van der Waals surface area contributed by atoms with Crippen LogP contribution in [0.25, 0.3) is 104 Å². The van der Waals surface area contributed by atoms with Crippen LogP contribution in [0.1, 0.15) is 120 Å². The molecule has 0 bridgehead atoms. The van der Waals surface area contributed by atoms with Gasteiger partial charge in [0, 0.05) is 77.6 Å². The molecule has 42 heteroatoms. The third-order valence-electron chi connectivity index (χ3n) is 24.5. The third-order valence-corrected chi connectivity index (χ3v) is 24.5. The van der Waals surface area contributed by atoms with E-state index in [1.165, 1.54) is 124 Å². The van der Waals surface area contributed by atoms with Crippen molar-refractivity contribution >= 4 is 113 Å².